The lowest BCUT2D eigenvalue weighted by atomic mass is 10.3. The summed E-state index contributed by atoms with van der Waals surface area (Å²) >= 11 is 19.2. The highest BCUT2D eigenvalue weighted by atomic mass is 35.5. The summed E-state index contributed by atoms with van der Waals surface area (Å²) in [5.74, 6) is 0.571. The average molecular weight is 346 g/mol. The Labute approximate surface area is 134 Å². The maximum absolute atomic E-state index is 6.04. The Morgan fingerprint density at radius 3 is 2.75 bits per heavy atom. The molecule has 2 heterocycles. The van der Waals surface area contributed by atoms with Gasteiger partial charge in [0.1, 0.15) is 27.7 Å². The van der Waals surface area contributed by atoms with Crippen LogP contribution in [0.3, 0.4) is 0 Å². The fourth-order valence-corrected chi connectivity index (χ4v) is 3.05. The molecule has 0 atom stereocenters. The molecule has 0 aliphatic heterocycles. The van der Waals surface area contributed by atoms with Gasteiger partial charge in [-0.3, -0.25) is 0 Å². The molecule has 0 N–H and O–H groups in total. The number of hydrogen-bond donors (Lipinski definition) is 0. The van der Waals surface area contributed by atoms with Gasteiger partial charge in [0, 0.05) is 11.2 Å². The number of rotatable bonds is 3. The Kier molecular flexibility index (Phi) is 3.98. The van der Waals surface area contributed by atoms with Crippen molar-refractivity contribution in [2.24, 2.45) is 0 Å². The van der Waals surface area contributed by atoms with Crippen LogP contribution in [0.5, 0.6) is 5.75 Å². The van der Waals surface area contributed by atoms with E-state index in [2.05, 4.69) is 9.97 Å². The van der Waals surface area contributed by atoms with Gasteiger partial charge in [0.2, 0.25) is 0 Å². The highest BCUT2D eigenvalue weighted by Crippen LogP contribution is 2.29. The molecule has 0 saturated heterocycles. The first-order valence-electron chi connectivity index (χ1n) is 5.60. The highest BCUT2D eigenvalue weighted by Gasteiger charge is 2.08. The van der Waals surface area contributed by atoms with Crippen LogP contribution in [-0.2, 0) is 6.61 Å². The largest absolute Gasteiger partial charge is 0.485 e. The number of hydrogen-bond acceptors (Lipinski definition) is 4. The summed E-state index contributed by atoms with van der Waals surface area (Å²) in [5.41, 5.74) is 0.767. The molecule has 0 unspecified atom stereocenters. The molecule has 0 aliphatic rings. The van der Waals surface area contributed by atoms with Crippen molar-refractivity contribution >= 4 is 56.5 Å². The Hall–Kier alpha value is -1.07. The molecule has 0 fully saturated rings. The molecule has 7 heteroatoms. The van der Waals surface area contributed by atoms with E-state index in [1.54, 1.807) is 30.5 Å². The van der Waals surface area contributed by atoms with Crippen molar-refractivity contribution in [3.63, 3.8) is 0 Å². The van der Waals surface area contributed by atoms with Crippen LogP contribution in [0.4, 0.5) is 0 Å². The zero-order valence-electron chi connectivity index (χ0n) is 9.94. The van der Waals surface area contributed by atoms with Crippen molar-refractivity contribution < 1.29 is 4.74 Å². The van der Waals surface area contributed by atoms with E-state index in [0.29, 0.717) is 27.4 Å². The number of halogens is 3. The second kappa shape index (κ2) is 5.74. The van der Waals surface area contributed by atoms with Crippen LogP contribution < -0.4 is 4.74 Å². The van der Waals surface area contributed by atoms with Crippen LogP contribution in [0.1, 0.15) is 5.01 Å². The molecule has 0 bridgehead atoms. The lowest BCUT2D eigenvalue weighted by Crippen LogP contribution is -1.95. The second-order valence-electron chi connectivity index (χ2n) is 3.95. The standard InChI is InChI=1S/C13H7Cl3N2OS/c14-7-1-2-11(9(16)3-7)19-6-12-18-10-4-8(15)5-17-13(10)20-12/h1-5H,6H2. The van der Waals surface area contributed by atoms with Gasteiger partial charge in [0.15, 0.2) is 0 Å². The third-order valence-corrected chi connectivity index (χ3v) is 4.19. The van der Waals surface area contributed by atoms with Gasteiger partial charge in [-0.2, -0.15) is 0 Å². The number of fused-ring (bicyclic) bond motifs is 1. The van der Waals surface area contributed by atoms with Crippen LogP contribution in [-0.4, -0.2) is 9.97 Å². The lowest BCUT2D eigenvalue weighted by molar-refractivity contribution is 0.306. The van der Waals surface area contributed by atoms with Gasteiger partial charge < -0.3 is 4.74 Å². The molecule has 0 spiro atoms. The van der Waals surface area contributed by atoms with E-state index in [-0.39, 0.29) is 0 Å². The third-order valence-electron chi connectivity index (χ3n) is 2.50. The van der Waals surface area contributed by atoms with Crippen molar-refractivity contribution in [2.75, 3.05) is 0 Å². The van der Waals surface area contributed by atoms with Gasteiger partial charge in [-0.15, -0.1) is 0 Å². The van der Waals surface area contributed by atoms with E-state index in [4.69, 9.17) is 39.5 Å². The number of nitrogens with zero attached hydrogens (tertiary/aromatic N) is 2. The van der Waals surface area contributed by atoms with Gasteiger partial charge >= 0.3 is 0 Å². The van der Waals surface area contributed by atoms with Crippen LogP contribution in [0.15, 0.2) is 30.5 Å². The number of aromatic nitrogens is 2. The smallest absolute Gasteiger partial charge is 0.143 e. The van der Waals surface area contributed by atoms with Crippen LogP contribution in [0.25, 0.3) is 10.3 Å². The summed E-state index contributed by atoms with van der Waals surface area (Å²) in [7, 11) is 0. The van der Waals surface area contributed by atoms with Gasteiger partial charge in [0.25, 0.3) is 0 Å². The number of thiazole rings is 1. The lowest BCUT2D eigenvalue weighted by Gasteiger charge is -2.05. The number of pyridine rings is 1. The molecular formula is C13H7Cl3N2OS. The molecule has 0 saturated carbocycles. The van der Waals surface area contributed by atoms with Gasteiger partial charge in [0.05, 0.1) is 10.0 Å². The number of benzene rings is 1. The number of ether oxygens (including phenoxy) is 1. The summed E-state index contributed by atoms with van der Waals surface area (Å²) in [6.45, 7) is 0.319. The van der Waals surface area contributed by atoms with Crippen molar-refractivity contribution in [2.45, 2.75) is 6.61 Å². The Balaban J connectivity index is 1.79. The minimum absolute atomic E-state index is 0.319. The molecule has 1 aromatic carbocycles. The molecule has 0 amide bonds. The maximum atomic E-state index is 6.04. The molecule has 0 radical (unpaired) electrons. The maximum Gasteiger partial charge on any atom is 0.143 e. The summed E-state index contributed by atoms with van der Waals surface area (Å²) < 4.78 is 5.63. The minimum atomic E-state index is 0.319. The van der Waals surface area contributed by atoms with E-state index >= 15 is 0 Å². The van der Waals surface area contributed by atoms with E-state index < -0.39 is 0 Å². The van der Waals surface area contributed by atoms with Crippen LogP contribution in [0, 0.1) is 0 Å². The van der Waals surface area contributed by atoms with E-state index in [1.165, 1.54) is 11.3 Å². The fourth-order valence-electron chi connectivity index (χ4n) is 1.64. The molecule has 102 valence electrons. The SMILES string of the molecule is Clc1ccc(OCc2nc3cc(Cl)cnc3s2)c(Cl)c1. The Morgan fingerprint density at radius 2 is 1.95 bits per heavy atom. The van der Waals surface area contributed by atoms with E-state index in [1.807, 2.05) is 0 Å². The van der Waals surface area contributed by atoms with Crippen molar-refractivity contribution in [1.82, 2.24) is 9.97 Å². The molecular weight excluding hydrogens is 339 g/mol. The molecule has 3 rings (SSSR count). The van der Waals surface area contributed by atoms with Gasteiger partial charge in [-0.05, 0) is 24.3 Å². The summed E-state index contributed by atoms with van der Waals surface area (Å²) in [6, 6.07) is 6.87. The Morgan fingerprint density at radius 1 is 1.10 bits per heavy atom. The van der Waals surface area contributed by atoms with Crippen molar-refractivity contribution in [3.05, 3.63) is 50.5 Å². The summed E-state index contributed by atoms with van der Waals surface area (Å²) in [6.07, 6.45) is 1.60. The summed E-state index contributed by atoms with van der Waals surface area (Å²) in [4.78, 5) is 9.45. The third kappa shape index (κ3) is 2.99. The van der Waals surface area contributed by atoms with Crippen molar-refractivity contribution in [1.29, 1.82) is 0 Å². The van der Waals surface area contributed by atoms with Crippen molar-refractivity contribution in [3.8, 4) is 5.75 Å². The minimum Gasteiger partial charge on any atom is -0.485 e. The van der Waals surface area contributed by atoms with E-state index in [9.17, 15) is 0 Å². The second-order valence-corrected chi connectivity index (χ2v) is 6.29. The normalized spacial score (nSPS) is 10.9. The van der Waals surface area contributed by atoms with Gasteiger partial charge in [-0.25, -0.2) is 9.97 Å². The topological polar surface area (TPSA) is 35.0 Å². The first-order chi connectivity index (χ1) is 9.61. The average Bonchev–Trinajstić information content (AvgIpc) is 2.79. The molecule has 0 aliphatic carbocycles. The first kappa shape index (κ1) is 13.9. The van der Waals surface area contributed by atoms with Crippen LogP contribution >= 0.6 is 46.1 Å². The molecule has 20 heavy (non-hydrogen) atoms. The van der Waals surface area contributed by atoms with E-state index in [0.717, 1.165) is 15.4 Å². The Bertz CT molecular complexity index is 775. The first-order valence-corrected chi connectivity index (χ1v) is 7.56. The van der Waals surface area contributed by atoms with Gasteiger partial charge in [-0.1, -0.05) is 46.1 Å². The quantitative estimate of drug-likeness (QED) is 0.652. The highest BCUT2D eigenvalue weighted by molar-refractivity contribution is 7.18. The van der Waals surface area contributed by atoms with Crippen LogP contribution in [0.2, 0.25) is 15.1 Å². The zero-order valence-corrected chi connectivity index (χ0v) is 13.0. The zero-order chi connectivity index (χ0) is 14.1. The predicted molar refractivity (Wildman–Crippen MR) is 83.2 cm³/mol. The molecule has 3 nitrogen and oxygen atoms in total. The monoisotopic (exact) mass is 344 g/mol. The molecule has 3 aromatic rings. The fraction of sp³-hybridized carbons (Fsp3) is 0.0769. The predicted octanol–water partition coefficient (Wildman–Crippen LogP) is 5.23. The molecule has 2 aromatic heterocycles. The summed E-state index contributed by atoms with van der Waals surface area (Å²) in [5, 5.41) is 2.41.